The summed E-state index contributed by atoms with van der Waals surface area (Å²) in [6.45, 7) is 2.11. The Morgan fingerprint density at radius 1 is 1.26 bits per heavy atom. The largest absolute Gasteiger partial charge is 0.451 e. The maximum atomic E-state index is 12.0. The summed E-state index contributed by atoms with van der Waals surface area (Å²) in [5, 5.41) is 7.87. The summed E-state index contributed by atoms with van der Waals surface area (Å²) in [6, 6.07) is 8.85. The van der Waals surface area contributed by atoms with Crippen molar-refractivity contribution in [1.82, 2.24) is 5.32 Å². The smallest absolute Gasteiger partial charge is 0.355 e. The lowest BCUT2D eigenvalue weighted by atomic mass is 10.1. The standard InChI is InChI=1S/C16H19N3O4/c1-2-10-17-14(20)11-23-16(22)13-8-9-15(21)19(18-13)12-6-4-3-5-7-12/h3-7H,2,8-11H2,1H3,(H,17,20). The molecule has 0 atom stereocenters. The predicted octanol–water partition coefficient (Wildman–Crippen LogP) is 1.24. The summed E-state index contributed by atoms with van der Waals surface area (Å²) in [4.78, 5) is 35.4. The number of benzene rings is 1. The van der Waals surface area contributed by atoms with Crippen molar-refractivity contribution in [1.29, 1.82) is 0 Å². The molecule has 23 heavy (non-hydrogen) atoms. The molecule has 2 rings (SSSR count). The first-order valence-corrected chi connectivity index (χ1v) is 7.51. The van der Waals surface area contributed by atoms with E-state index in [1.54, 1.807) is 24.3 Å². The Kier molecular flexibility index (Phi) is 5.85. The molecule has 122 valence electrons. The van der Waals surface area contributed by atoms with Crippen molar-refractivity contribution >= 4 is 29.2 Å². The highest BCUT2D eigenvalue weighted by molar-refractivity contribution is 6.38. The Morgan fingerprint density at radius 3 is 2.70 bits per heavy atom. The van der Waals surface area contributed by atoms with Crippen molar-refractivity contribution in [3.63, 3.8) is 0 Å². The van der Waals surface area contributed by atoms with Crippen LogP contribution in [0.1, 0.15) is 26.2 Å². The van der Waals surface area contributed by atoms with Gasteiger partial charge in [-0.15, -0.1) is 0 Å². The van der Waals surface area contributed by atoms with E-state index in [-0.39, 0.29) is 37.0 Å². The summed E-state index contributed by atoms with van der Waals surface area (Å²) in [5.74, 6) is -1.22. The molecule has 1 heterocycles. The Morgan fingerprint density at radius 2 is 2.00 bits per heavy atom. The van der Waals surface area contributed by atoms with Crippen LogP contribution in [0, 0.1) is 0 Å². The number of rotatable bonds is 6. The molecule has 7 heteroatoms. The number of hydrogen-bond donors (Lipinski definition) is 1. The fourth-order valence-corrected chi connectivity index (χ4v) is 2.00. The highest BCUT2D eigenvalue weighted by Gasteiger charge is 2.26. The number of ether oxygens (including phenoxy) is 1. The van der Waals surface area contributed by atoms with Gasteiger partial charge < -0.3 is 10.1 Å². The molecular weight excluding hydrogens is 298 g/mol. The minimum absolute atomic E-state index is 0.136. The van der Waals surface area contributed by atoms with Gasteiger partial charge in [0, 0.05) is 19.4 Å². The zero-order chi connectivity index (χ0) is 16.7. The van der Waals surface area contributed by atoms with E-state index in [2.05, 4.69) is 10.4 Å². The third-order valence-electron chi connectivity index (χ3n) is 3.18. The summed E-state index contributed by atoms with van der Waals surface area (Å²) in [6.07, 6.45) is 1.18. The number of carbonyl (C=O) groups excluding carboxylic acids is 3. The molecular formula is C16H19N3O4. The molecule has 0 saturated carbocycles. The van der Waals surface area contributed by atoms with Crippen LogP contribution in [0.25, 0.3) is 0 Å². The number of hydrazone groups is 1. The summed E-state index contributed by atoms with van der Waals surface area (Å²) < 4.78 is 4.94. The second kappa shape index (κ2) is 8.07. The van der Waals surface area contributed by atoms with Crippen molar-refractivity contribution in [3.05, 3.63) is 30.3 Å². The molecule has 0 spiro atoms. The van der Waals surface area contributed by atoms with E-state index in [0.29, 0.717) is 12.2 Å². The van der Waals surface area contributed by atoms with Gasteiger partial charge >= 0.3 is 5.97 Å². The van der Waals surface area contributed by atoms with Gasteiger partial charge in [-0.3, -0.25) is 9.59 Å². The topological polar surface area (TPSA) is 88.1 Å². The number of carbonyl (C=O) groups is 3. The third kappa shape index (κ3) is 4.64. The van der Waals surface area contributed by atoms with Gasteiger partial charge in [0.15, 0.2) is 6.61 Å². The first-order chi connectivity index (χ1) is 11.1. The number of para-hydroxylation sites is 1. The number of hydrogen-bond acceptors (Lipinski definition) is 5. The molecule has 1 aromatic carbocycles. The number of nitrogens with zero attached hydrogens (tertiary/aromatic N) is 2. The van der Waals surface area contributed by atoms with E-state index < -0.39 is 5.97 Å². The Balaban J connectivity index is 2.00. The van der Waals surface area contributed by atoms with E-state index in [9.17, 15) is 14.4 Å². The van der Waals surface area contributed by atoms with Crippen LogP contribution in [0.15, 0.2) is 35.4 Å². The summed E-state index contributed by atoms with van der Waals surface area (Å²) in [7, 11) is 0. The second-order valence-corrected chi connectivity index (χ2v) is 5.01. The van der Waals surface area contributed by atoms with Crippen LogP contribution in [0.4, 0.5) is 5.69 Å². The first-order valence-electron chi connectivity index (χ1n) is 7.51. The number of anilines is 1. The monoisotopic (exact) mass is 317 g/mol. The number of esters is 1. The van der Waals surface area contributed by atoms with E-state index >= 15 is 0 Å². The van der Waals surface area contributed by atoms with Crippen LogP contribution < -0.4 is 10.3 Å². The zero-order valence-corrected chi connectivity index (χ0v) is 12.9. The lowest BCUT2D eigenvalue weighted by Crippen LogP contribution is -2.36. The van der Waals surface area contributed by atoms with Crippen molar-refractivity contribution < 1.29 is 19.1 Å². The summed E-state index contributed by atoms with van der Waals surface area (Å²) in [5.41, 5.74) is 0.722. The molecule has 0 radical (unpaired) electrons. The number of amides is 2. The molecule has 0 fully saturated rings. The van der Waals surface area contributed by atoms with Crippen molar-refractivity contribution in [3.8, 4) is 0 Å². The normalized spacial score (nSPS) is 14.2. The third-order valence-corrected chi connectivity index (χ3v) is 3.18. The van der Waals surface area contributed by atoms with Crippen LogP contribution in [-0.2, 0) is 19.1 Å². The van der Waals surface area contributed by atoms with Gasteiger partial charge in [0.05, 0.1) is 5.69 Å². The molecule has 7 nitrogen and oxygen atoms in total. The van der Waals surface area contributed by atoms with E-state index in [4.69, 9.17) is 4.74 Å². The summed E-state index contributed by atoms with van der Waals surface area (Å²) >= 11 is 0. The van der Waals surface area contributed by atoms with Gasteiger partial charge in [0.1, 0.15) is 5.71 Å². The molecule has 1 N–H and O–H groups in total. The molecule has 2 amide bonds. The van der Waals surface area contributed by atoms with Gasteiger partial charge in [-0.2, -0.15) is 5.10 Å². The Hall–Kier alpha value is -2.70. The molecule has 1 aliphatic heterocycles. The zero-order valence-electron chi connectivity index (χ0n) is 12.9. The van der Waals surface area contributed by atoms with E-state index in [1.807, 2.05) is 13.0 Å². The van der Waals surface area contributed by atoms with Gasteiger partial charge in [0.25, 0.3) is 5.91 Å². The van der Waals surface area contributed by atoms with E-state index in [0.717, 1.165) is 6.42 Å². The van der Waals surface area contributed by atoms with Crippen LogP contribution in [0.3, 0.4) is 0 Å². The van der Waals surface area contributed by atoms with Crippen LogP contribution in [0.5, 0.6) is 0 Å². The quantitative estimate of drug-likeness (QED) is 0.800. The highest BCUT2D eigenvalue weighted by atomic mass is 16.5. The fourth-order valence-electron chi connectivity index (χ4n) is 2.00. The predicted molar refractivity (Wildman–Crippen MR) is 84.9 cm³/mol. The molecule has 0 saturated heterocycles. The van der Waals surface area contributed by atoms with Crippen LogP contribution >= 0.6 is 0 Å². The van der Waals surface area contributed by atoms with E-state index in [1.165, 1.54) is 5.01 Å². The minimum atomic E-state index is -0.676. The molecule has 1 aromatic rings. The molecule has 1 aliphatic rings. The SMILES string of the molecule is CCCNC(=O)COC(=O)C1=NN(c2ccccc2)C(=O)CC1. The Bertz CT molecular complexity index is 613. The molecule has 0 bridgehead atoms. The Labute approximate surface area is 134 Å². The molecule has 0 aromatic heterocycles. The van der Waals surface area contributed by atoms with Crippen molar-refractivity contribution in [2.75, 3.05) is 18.2 Å². The van der Waals surface area contributed by atoms with Gasteiger partial charge in [-0.05, 0) is 18.6 Å². The van der Waals surface area contributed by atoms with Crippen LogP contribution in [0.2, 0.25) is 0 Å². The molecule has 0 unspecified atom stereocenters. The second-order valence-electron chi connectivity index (χ2n) is 5.01. The lowest BCUT2D eigenvalue weighted by molar-refractivity contribution is -0.142. The van der Waals surface area contributed by atoms with Gasteiger partial charge in [-0.25, -0.2) is 9.80 Å². The lowest BCUT2D eigenvalue weighted by Gasteiger charge is -2.22. The van der Waals surface area contributed by atoms with Crippen molar-refractivity contribution in [2.24, 2.45) is 5.10 Å². The average Bonchev–Trinajstić information content (AvgIpc) is 2.59. The van der Waals surface area contributed by atoms with Crippen LogP contribution in [-0.4, -0.2) is 36.6 Å². The maximum absolute atomic E-state index is 12.0. The molecule has 0 aliphatic carbocycles. The first kappa shape index (κ1) is 16.7. The minimum Gasteiger partial charge on any atom is -0.451 e. The maximum Gasteiger partial charge on any atom is 0.355 e. The average molecular weight is 317 g/mol. The highest BCUT2D eigenvalue weighted by Crippen LogP contribution is 2.19. The van der Waals surface area contributed by atoms with Gasteiger partial charge in [-0.1, -0.05) is 25.1 Å². The fraction of sp³-hybridized carbons (Fsp3) is 0.375. The number of nitrogens with one attached hydrogen (secondary N) is 1. The van der Waals surface area contributed by atoms with Gasteiger partial charge in [0.2, 0.25) is 5.91 Å². The van der Waals surface area contributed by atoms with Crippen molar-refractivity contribution in [2.45, 2.75) is 26.2 Å².